The lowest BCUT2D eigenvalue weighted by Gasteiger charge is -2.17. The second-order valence-corrected chi connectivity index (χ2v) is 4.84. The van der Waals surface area contributed by atoms with Gasteiger partial charge in [-0.15, -0.1) is 0 Å². The largest absolute Gasteiger partial charge is 0.481 e. The number of ether oxygens (including phenoxy) is 1. The van der Waals surface area contributed by atoms with Crippen LogP contribution in [-0.2, 0) is 4.79 Å². The summed E-state index contributed by atoms with van der Waals surface area (Å²) in [6.45, 7) is 7.66. The third kappa shape index (κ3) is 4.69. The van der Waals surface area contributed by atoms with Crippen LogP contribution in [0.15, 0.2) is 12.1 Å². The first-order valence-corrected chi connectivity index (χ1v) is 6.29. The lowest BCUT2D eigenvalue weighted by atomic mass is 10.1. The Morgan fingerprint density at radius 2 is 2.11 bits per heavy atom. The number of nitrogens with one attached hydrogen (secondary N) is 1. The average molecular weight is 264 g/mol. The first-order valence-electron chi connectivity index (χ1n) is 6.29. The average Bonchev–Trinajstić information content (AvgIpc) is 2.36. The number of aromatic nitrogens is 1. The molecule has 0 bridgehead atoms. The summed E-state index contributed by atoms with van der Waals surface area (Å²) in [4.78, 5) is 26.5. The second-order valence-electron chi connectivity index (χ2n) is 4.84. The first kappa shape index (κ1) is 15.1. The predicted molar refractivity (Wildman–Crippen MR) is 72.3 cm³/mol. The molecular formula is C14H20N2O3. The highest BCUT2D eigenvalue weighted by molar-refractivity contribution is 5.79. The van der Waals surface area contributed by atoms with Gasteiger partial charge in [0.25, 0.3) is 5.91 Å². The maximum atomic E-state index is 11.7. The summed E-state index contributed by atoms with van der Waals surface area (Å²) in [5.41, 5.74) is 0.942. The number of hydrogen-bond acceptors (Lipinski definition) is 4. The molecule has 0 aromatic carbocycles. The van der Waals surface area contributed by atoms with Crippen molar-refractivity contribution in [1.29, 1.82) is 0 Å². The van der Waals surface area contributed by atoms with E-state index < -0.39 is 0 Å². The number of hydrogen-bond donors (Lipinski definition) is 1. The van der Waals surface area contributed by atoms with Gasteiger partial charge in [-0.3, -0.25) is 9.59 Å². The van der Waals surface area contributed by atoms with E-state index >= 15 is 0 Å². The van der Waals surface area contributed by atoms with E-state index in [9.17, 15) is 9.59 Å². The van der Waals surface area contributed by atoms with Gasteiger partial charge in [-0.25, -0.2) is 4.98 Å². The van der Waals surface area contributed by atoms with Crippen molar-refractivity contribution in [1.82, 2.24) is 10.3 Å². The van der Waals surface area contributed by atoms with Gasteiger partial charge < -0.3 is 10.1 Å². The first-order chi connectivity index (χ1) is 8.93. The molecular weight excluding hydrogens is 244 g/mol. The third-order valence-electron chi connectivity index (χ3n) is 2.88. The lowest BCUT2D eigenvalue weighted by molar-refractivity contribution is -0.124. The third-order valence-corrected chi connectivity index (χ3v) is 2.88. The molecule has 1 amide bonds. The molecule has 0 fully saturated rings. The molecule has 0 radical (unpaired) electrons. The van der Waals surface area contributed by atoms with Gasteiger partial charge in [0.05, 0.1) is 0 Å². The van der Waals surface area contributed by atoms with Crippen molar-refractivity contribution >= 4 is 12.2 Å². The SMILES string of the molecule is Cc1ccc(OCC(=O)NC(C)C(C)C)c(C=O)n1. The van der Waals surface area contributed by atoms with Gasteiger partial charge in [0, 0.05) is 11.7 Å². The maximum Gasteiger partial charge on any atom is 0.258 e. The lowest BCUT2D eigenvalue weighted by Crippen LogP contribution is -2.39. The van der Waals surface area contributed by atoms with E-state index in [0.717, 1.165) is 5.69 Å². The quantitative estimate of drug-likeness (QED) is 0.795. The molecule has 0 saturated heterocycles. The maximum absolute atomic E-state index is 11.7. The van der Waals surface area contributed by atoms with E-state index in [2.05, 4.69) is 10.3 Å². The summed E-state index contributed by atoms with van der Waals surface area (Å²) < 4.78 is 5.32. The molecule has 5 heteroatoms. The van der Waals surface area contributed by atoms with Crippen LogP contribution < -0.4 is 10.1 Å². The Morgan fingerprint density at radius 3 is 2.68 bits per heavy atom. The van der Waals surface area contributed by atoms with Gasteiger partial charge in [0.1, 0.15) is 11.4 Å². The molecule has 0 saturated carbocycles. The molecule has 19 heavy (non-hydrogen) atoms. The Labute approximate surface area is 113 Å². The summed E-state index contributed by atoms with van der Waals surface area (Å²) in [5.74, 6) is 0.474. The number of nitrogens with zero attached hydrogens (tertiary/aromatic N) is 1. The van der Waals surface area contributed by atoms with Crippen molar-refractivity contribution in [3.05, 3.63) is 23.5 Å². The minimum atomic E-state index is -0.210. The molecule has 1 aromatic heterocycles. The van der Waals surface area contributed by atoms with E-state index in [0.29, 0.717) is 18.0 Å². The van der Waals surface area contributed by atoms with Gasteiger partial charge >= 0.3 is 0 Å². The second kappa shape index (κ2) is 6.87. The topological polar surface area (TPSA) is 68.3 Å². The van der Waals surface area contributed by atoms with E-state index in [-0.39, 0.29) is 24.2 Å². The number of aryl methyl sites for hydroxylation is 1. The zero-order chi connectivity index (χ0) is 14.4. The van der Waals surface area contributed by atoms with Gasteiger partial charge in [0.15, 0.2) is 12.9 Å². The van der Waals surface area contributed by atoms with Crippen molar-refractivity contribution in [2.45, 2.75) is 33.7 Å². The van der Waals surface area contributed by atoms with Crippen molar-refractivity contribution < 1.29 is 14.3 Å². The number of carbonyl (C=O) groups excluding carboxylic acids is 2. The van der Waals surface area contributed by atoms with Crippen molar-refractivity contribution in [3.8, 4) is 5.75 Å². The van der Waals surface area contributed by atoms with Crippen molar-refractivity contribution in [2.75, 3.05) is 6.61 Å². The highest BCUT2D eigenvalue weighted by atomic mass is 16.5. The molecule has 5 nitrogen and oxygen atoms in total. The fourth-order valence-corrected chi connectivity index (χ4v) is 1.38. The standard InChI is InChI=1S/C14H20N2O3/c1-9(2)11(4)16-14(18)8-19-13-6-5-10(3)15-12(13)7-17/h5-7,9,11H,8H2,1-4H3,(H,16,18). The molecule has 1 aromatic rings. The summed E-state index contributed by atoms with van der Waals surface area (Å²) >= 11 is 0. The molecule has 0 aliphatic carbocycles. The molecule has 1 rings (SSSR count). The van der Waals surface area contributed by atoms with Crippen LogP contribution in [0.3, 0.4) is 0 Å². The molecule has 1 unspecified atom stereocenters. The number of amides is 1. The molecule has 104 valence electrons. The predicted octanol–water partition coefficient (Wildman–Crippen LogP) is 1.74. The fourth-order valence-electron chi connectivity index (χ4n) is 1.38. The van der Waals surface area contributed by atoms with E-state index in [1.165, 1.54) is 0 Å². The fraction of sp³-hybridized carbons (Fsp3) is 0.500. The van der Waals surface area contributed by atoms with E-state index in [1.807, 2.05) is 20.8 Å². The van der Waals surface area contributed by atoms with E-state index in [1.54, 1.807) is 19.1 Å². The van der Waals surface area contributed by atoms with Crippen LogP contribution in [0.25, 0.3) is 0 Å². The number of pyridine rings is 1. The molecule has 1 N–H and O–H groups in total. The van der Waals surface area contributed by atoms with Gasteiger partial charge in [-0.2, -0.15) is 0 Å². The Morgan fingerprint density at radius 1 is 1.42 bits per heavy atom. The van der Waals surface area contributed by atoms with Crippen LogP contribution in [0, 0.1) is 12.8 Å². The zero-order valence-corrected chi connectivity index (χ0v) is 11.8. The van der Waals surface area contributed by atoms with Gasteiger partial charge in [0.2, 0.25) is 0 Å². The van der Waals surface area contributed by atoms with Crippen LogP contribution >= 0.6 is 0 Å². The van der Waals surface area contributed by atoms with Crippen molar-refractivity contribution in [3.63, 3.8) is 0 Å². The number of carbonyl (C=O) groups is 2. The molecule has 0 aliphatic heterocycles. The summed E-state index contributed by atoms with van der Waals surface area (Å²) in [5, 5.41) is 2.83. The number of rotatable bonds is 6. The Bertz CT molecular complexity index is 458. The van der Waals surface area contributed by atoms with Crippen LogP contribution in [0.4, 0.5) is 0 Å². The van der Waals surface area contributed by atoms with Crippen LogP contribution in [-0.4, -0.2) is 29.8 Å². The van der Waals surface area contributed by atoms with E-state index in [4.69, 9.17) is 4.74 Å². The Kier molecular flexibility index (Phi) is 5.48. The monoisotopic (exact) mass is 264 g/mol. The molecule has 1 atom stereocenters. The van der Waals surface area contributed by atoms with Crippen LogP contribution in [0.5, 0.6) is 5.75 Å². The minimum Gasteiger partial charge on any atom is -0.481 e. The van der Waals surface area contributed by atoms with Crippen molar-refractivity contribution in [2.24, 2.45) is 5.92 Å². The summed E-state index contributed by atoms with van der Waals surface area (Å²) in [6, 6.07) is 3.46. The number of aldehydes is 1. The van der Waals surface area contributed by atoms with Gasteiger partial charge in [-0.05, 0) is 31.9 Å². The normalized spacial score (nSPS) is 12.1. The highest BCUT2D eigenvalue weighted by Crippen LogP contribution is 2.14. The summed E-state index contributed by atoms with van der Waals surface area (Å²) in [7, 11) is 0. The Hall–Kier alpha value is -1.91. The molecule has 0 aliphatic rings. The highest BCUT2D eigenvalue weighted by Gasteiger charge is 2.12. The smallest absolute Gasteiger partial charge is 0.258 e. The summed E-state index contributed by atoms with van der Waals surface area (Å²) in [6.07, 6.45) is 0.622. The molecule has 1 heterocycles. The zero-order valence-electron chi connectivity index (χ0n) is 11.8. The van der Waals surface area contributed by atoms with Gasteiger partial charge in [-0.1, -0.05) is 13.8 Å². The Balaban J connectivity index is 2.57. The van der Waals surface area contributed by atoms with Crippen LogP contribution in [0.2, 0.25) is 0 Å². The molecule has 0 spiro atoms. The minimum absolute atomic E-state index is 0.0813. The van der Waals surface area contributed by atoms with Crippen LogP contribution in [0.1, 0.15) is 37.0 Å².